The lowest BCUT2D eigenvalue weighted by Gasteiger charge is -2.26. The summed E-state index contributed by atoms with van der Waals surface area (Å²) in [7, 11) is 3.22. The Morgan fingerprint density at radius 2 is 1.78 bits per heavy atom. The van der Waals surface area contributed by atoms with Gasteiger partial charge in [0.15, 0.2) is 11.5 Å². The molecule has 1 heterocycles. The molecular weight excluding hydrogens is 294 g/mol. The van der Waals surface area contributed by atoms with Crippen LogP contribution in [0.2, 0.25) is 0 Å². The van der Waals surface area contributed by atoms with Crippen LogP contribution in [0.5, 0.6) is 11.5 Å². The molecule has 6 heteroatoms. The van der Waals surface area contributed by atoms with Crippen molar-refractivity contribution in [2.45, 2.75) is 31.4 Å². The zero-order chi connectivity index (χ0) is 16.0. The van der Waals surface area contributed by atoms with Gasteiger partial charge in [0.1, 0.15) is 5.82 Å². The van der Waals surface area contributed by atoms with E-state index in [0.717, 1.165) is 36.1 Å². The largest absolute Gasteiger partial charge is 0.493 e. The monoisotopic (exact) mass is 315 g/mol. The van der Waals surface area contributed by atoms with Gasteiger partial charge in [0, 0.05) is 18.2 Å². The minimum atomic E-state index is -0.113. The molecule has 1 aromatic carbocycles. The minimum absolute atomic E-state index is 0.113. The van der Waals surface area contributed by atoms with Crippen molar-refractivity contribution < 1.29 is 14.6 Å². The molecule has 23 heavy (non-hydrogen) atoms. The van der Waals surface area contributed by atoms with Crippen LogP contribution >= 0.6 is 0 Å². The fourth-order valence-electron chi connectivity index (χ4n) is 4.02. The Labute approximate surface area is 134 Å². The normalized spacial score (nSPS) is 29.0. The average molecular weight is 315 g/mol. The molecule has 122 valence electrons. The van der Waals surface area contributed by atoms with Crippen molar-refractivity contribution in [1.29, 1.82) is 0 Å². The first-order chi connectivity index (χ1) is 11.2. The number of methoxy groups -OCH3 is 2. The summed E-state index contributed by atoms with van der Waals surface area (Å²) in [6.45, 7) is 0. The van der Waals surface area contributed by atoms with E-state index in [1.165, 1.54) is 0 Å². The number of nitrogens with one attached hydrogen (secondary N) is 1. The van der Waals surface area contributed by atoms with E-state index in [-0.39, 0.29) is 6.10 Å². The maximum Gasteiger partial charge on any atom is 0.163 e. The standard InChI is InChI=1S/C17H21N3O3/c1-22-15-6-12-13(7-16(15)23-2)20-17(8-18-12)19-11-4-10-3-9(11)5-14(10)21/h6-11,14,21H,3-5H2,1-2H3,(H,19,20)/t9-,10-,11-,14-/m1/s1. The number of hydrogen-bond acceptors (Lipinski definition) is 6. The highest BCUT2D eigenvalue weighted by atomic mass is 16.5. The number of benzene rings is 1. The summed E-state index contributed by atoms with van der Waals surface area (Å²) in [6.07, 6.45) is 4.67. The van der Waals surface area contributed by atoms with Gasteiger partial charge in [0.2, 0.25) is 0 Å². The number of aromatic nitrogens is 2. The van der Waals surface area contributed by atoms with Gasteiger partial charge < -0.3 is 19.9 Å². The average Bonchev–Trinajstić information content (AvgIpc) is 3.12. The van der Waals surface area contributed by atoms with Crippen molar-refractivity contribution in [3.63, 3.8) is 0 Å². The maximum absolute atomic E-state index is 9.87. The molecule has 4 atom stereocenters. The Hall–Kier alpha value is -2.08. The Morgan fingerprint density at radius 1 is 1.04 bits per heavy atom. The molecule has 0 aliphatic heterocycles. The molecule has 2 aromatic rings. The van der Waals surface area contributed by atoms with Gasteiger partial charge in [-0.3, -0.25) is 4.98 Å². The van der Waals surface area contributed by atoms with Crippen molar-refractivity contribution in [2.75, 3.05) is 19.5 Å². The molecule has 0 spiro atoms. The van der Waals surface area contributed by atoms with E-state index < -0.39 is 0 Å². The second-order valence-corrected chi connectivity index (χ2v) is 6.50. The molecule has 0 unspecified atom stereocenters. The van der Waals surface area contributed by atoms with Crippen LogP contribution in [0.15, 0.2) is 18.3 Å². The maximum atomic E-state index is 9.87. The number of fused-ring (bicyclic) bond motifs is 3. The summed E-state index contributed by atoms with van der Waals surface area (Å²) in [4.78, 5) is 9.13. The summed E-state index contributed by atoms with van der Waals surface area (Å²) in [6, 6.07) is 4.06. The first-order valence-electron chi connectivity index (χ1n) is 8.01. The summed E-state index contributed by atoms with van der Waals surface area (Å²) >= 11 is 0. The third-order valence-electron chi connectivity index (χ3n) is 5.20. The lowest BCUT2D eigenvalue weighted by Crippen LogP contribution is -2.31. The van der Waals surface area contributed by atoms with Gasteiger partial charge in [-0.25, -0.2) is 4.98 Å². The van der Waals surface area contributed by atoms with Crippen molar-refractivity contribution in [1.82, 2.24) is 9.97 Å². The first-order valence-corrected chi connectivity index (χ1v) is 8.01. The quantitative estimate of drug-likeness (QED) is 0.901. The van der Waals surface area contributed by atoms with E-state index in [0.29, 0.717) is 29.4 Å². The number of rotatable bonds is 4. The number of nitrogens with zero attached hydrogens (tertiary/aromatic N) is 2. The molecule has 0 saturated heterocycles. The van der Waals surface area contributed by atoms with Crippen LogP contribution in [-0.2, 0) is 0 Å². The van der Waals surface area contributed by atoms with Gasteiger partial charge in [-0.15, -0.1) is 0 Å². The van der Waals surface area contributed by atoms with E-state index in [9.17, 15) is 5.11 Å². The molecule has 2 saturated carbocycles. The smallest absolute Gasteiger partial charge is 0.163 e. The summed E-state index contributed by atoms with van der Waals surface area (Å²) in [5.74, 6) is 3.05. The van der Waals surface area contributed by atoms with Gasteiger partial charge >= 0.3 is 0 Å². The third-order valence-corrected chi connectivity index (χ3v) is 5.20. The molecule has 0 amide bonds. The Morgan fingerprint density at radius 3 is 2.39 bits per heavy atom. The molecule has 2 aliphatic rings. The van der Waals surface area contributed by atoms with Crippen molar-refractivity contribution in [2.24, 2.45) is 11.8 Å². The van der Waals surface area contributed by atoms with E-state index in [4.69, 9.17) is 9.47 Å². The predicted molar refractivity (Wildman–Crippen MR) is 86.9 cm³/mol. The van der Waals surface area contributed by atoms with Crippen molar-refractivity contribution in [3.05, 3.63) is 18.3 Å². The number of ether oxygens (including phenoxy) is 2. The highest BCUT2D eigenvalue weighted by Gasteiger charge is 2.45. The van der Waals surface area contributed by atoms with Crippen LogP contribution in [0.3, 0.4) is 0 Å². The lowest BCUT2D eigenvalue weighted by molar-refractivity contribution is 0.110. The topological polar surface area (TPSA) is 76.5 Å². The summed E-state index contributed by atoms with van der Waals surface area (Å²) < 4.78 is 10.6. The summed E-state index contributed by atoms with van der Waals surface area (Å²) in [5, 5.41) is 13.4. The van der Waals surface area contributed by atoms with Crippen LogP contribution in [-0.4, -0.2) is 41.4 Å². The van der Waals surface area contributed by atoms with Crippen LogP contribution < -0.4 is 14.8 Å². The van der Waals surface area contributed by atoms with Crippen LogP contribution in [0.25, 0.3) is 11.0 Å². The highest BCUT2D eigenvalue weighted by Crippen LogP contribution is 2.45. The second-order valence-electron chi connectivity index (χ2n) is 6.50. The second kappa shape index (κ2) is 5.53. The van der Waals surface area contributed by atoms with E-state index in [1.54, 1.807) is 20.4 Å². The number of aliphatic hydroxyl groups excluding tert-OH is 1. The van der Waals surface area contributed by atoms with Crippen LogP contribution in [0.1, 0.15) is 19.3 Å². The number of anilines is 1. The van der Waals surface area contributed by atoms with E-state index >= 15 is 0 Å². The van der Waals surface area contributed by atoms with Crippen molar-refractivity contribution in [3.8, 4) is 11.5 Å². The molecule has 4 rings (SSSR count). The first kappa shape index (κ1) is 14.5. The molecule has 1 aromatic heterocycles. The molecule has 2 N–H and O–H groups in total. The fraction of sp³-hybridized carbons (Fsp3) is 0.529. The lowest BCUT2D eigenvalue weighted by atomic mass is 9.93. The summed E-state index contributed by atoms with van der Waals surface area (Å²) in [5.41, 5.74) is 1.55. The molecule has 6 nitrogen and oxygen atoms in total. The van der Waals surface area contributed by atoms with Gasteiger partial charge in [0.05, 0.1) is 37.6 Å². The molecule has 2 bridgehead atoms. The Balaban J connectivity index is 1.59. The van der Waals surface area contributed by atoms with Gasteiger partial charge in [-0.05, 0) is 31.1 Å². The van der Waals surface area contributed by atoms with Gasteiger partial charge in [0.25, 0.3) is 0 Å². The number of aliphatic hydroxyl groups is 1. The van der Waals surface area contributed by atoms with E-state index in [2.05, 4.69) is 15.3 Å². The van der Waals surface area contributed by atoms with Crippen LogP contribution in [0.4, 0.5) is 5.82 Å². The van der Waals surface area contributed by atoms with Crippen LogP contribution in [0, 0.1) is 11.8 Å². The fourth-order valence-corrected chi connectivity index (χ4v) is 4.02. The highest BCUT2D eigenvalue weighted by molar-refractivity contribution is 5.80. The number of hydrogen-bond donors (Lipinski definition) is 2. The SMILES string of the molecule is COc1cc2ncc(N[C@@H]3C[C@H]4C[C@@H]3C[C@H]4O)nc2cc1OC. The van der Waals surface area contributed by atoms with Gasteiger partial charge in [-0.2, -0.15) is 0 Å². The molecule has 0 radical (unpaired) electrons. The Kier molecular flexibility index (Phi) is 3.49. The predicted octanol–water partition coefficient (Wildman–Crippen LogP) is 2.22. The molecular formula is C17H21N3O3. The zero-order valence-electron chi connectivity index (χ0n) is 13.3. The Bertz CT molecular complexity index is 734. The van der Waals surface area contributed by atoms with Crippen molar-refractivity contribution >= 4 is 16.9 Å². The zero-order valence-corrected chi connectivity index (χ0v) is 13.3. The molecule has 2 aliphatic carbocycles. The third kappa shape index (κ3) is 2.47. The molecule has 2 fully saturated rings. The van der Waals surface area contributed by atoms with Gasteiger partial charge in [-0.1, -0.05) is 0 Å². The van der Waals surface area contributed by atoms with E-state index in [1.807, 2.05) is 12.1 Å². The minimum Gasteiger partial charge on any atom is -0.493 e.